The number of rotatable bonds is 1. The zero-order valence-electron chi connectivity index (χ0n) is 7.45. The van der Waals surface area contributed by atoms with Gasteiger partial charge in [-0.1, -0.05) is 24.3 Å². The molecule has 0 aromatic heterocycles. The SMILES string of the molecule is COc1cccc2c(N)cccc12. The van der Waals surface area contributed by atoms with Gasteiger partial charge in [0.15, 0.2) is 0 Å². The topological polar surface area (TPSA) is 35.2 Å². The van der Waals surface area contributed by atoms with E-state index in [1.165, 1.54) is 0 Å². The number of fused-ring (bicyclic) bond motifs is 1. The molecule has 2 N–H and O–H groups in total. The first-order valence-corrected chi connectivity index (χ1v) is 4.14. The van der Waals surface area contributed by atoms with Crippen LogP contribution >= 0.6 is 0 Å². The molecule has 13 heavy (non-hydrogen) atoms. The molecule has 2 rings (SSSR count). The fraction of sp³-hybridized carbons (Fsp3) is 0.0909. The van der Waals surface area contributed by atoms with Crippen LogP contribution in [0, 0.1) is 0 Å². The minimum absolute atomic E-state index is 0.788. The van der Waals surface area contributed by atoms with Gasteiger partial charge in [0.2, 0.25) is 0 Å². The Kier molecular flexibility index (Phi) is 1.81. The van der Waals surface area contributed by atoms with Gasteiger partial charge in [0.05, 0.1) is 7.11 Å². The number of methoxy groups -OCH3 is 1. The molecular weight excluding hydrogens is 162 g/mol. The number of anilines is 1. The van der Waals surface area contributed by atoms with Crippen LogP contribution in [0.3, 0.4) is 0 Å². The van der Waals surface area contributed by atoms with Crippen LogP contribution in [0.2, 0.25) is 0 Å². The van der Waals surface area contributed by atoms with Gasteiger partial charge >= 0.3 is 0 Å². The number of nitrogen functional groups attached to an aromatic ring is 1. The summed E-state index contributed by atoms with van der Waals surface area (Å²) >= 11 is 0. The van der Waals surface area contributed by atoms with Crippen molar-refractivity contribution in [2.75, 3.05) is 12.8 Å². The zero-order chi connectivity index (χ0) is 9.26. The molecule has 0 aliphatic rings. The summed E-state index contributed by atoms with van der Waals surface area (Å²) in [4.78, 5) is 0. The fourth-order valence-corrected chi connectivity index (χ4v) is 1.48. The molecular formula is C11H11NO. The first kappa shape index (κ1) is 7.92. The molecule has 0 radical (unpaired) electrons. The van der Waals surface area contributed by atoms with Crippen molar-refractivity contribution >= 4 is 16.5 Å². The summed E-state index contributed by atoms with van der Waals surface area (Å²) in [5, 5.41) is 2.10. The van der Waals surface area contributed by atoms with E-state index in [0.717, 1.165) is 22.2 Å². The van der Waals surface area contributed by atoms with E-state index >= 15 is 0 Å². The third-order valence-corrected chi connectivity index (χ3v) is 2.14. The van der Waals surface area contributed by atoms with Crippen molar-refractivity contribution in [1.29, 1.82) is 0 Å². The molecule has 0 heterocycles. The molecule has 0 bridgehead atoms. The Hall–Kier alpha value is -1.70. The Labute approximate surface area is 76.9 Å². The third-order valence-electron chi connectivity index (χ3n) is 2.14. The molecule has 0 unspecified atom stereocenters. The highest BCUT2D eigenvalue weighted by Crippen LogP contribution is 2.28. The molecule has 2 aromatic rings. The molecule has 0 atom stereocenters. The van der Waals surface area contributed by atoms with Crippen molar-refractivity contribution in [3.8, 4) is 5.75 Å². The van der Waals surface area contributed by atoms with Crippen LogP contribution < -0.4 is 10.5 Å². The first-order chi connectivity index (χ1) is 6.33. The average Bonchev–Trinajstić information content (AvgIpc) is 2.18. The lowest BCUT2D eigenvalue weighted by atomic mass is 10.1. The van der Waals surface area contributed by atoms with Gasteiger partial charge in [0, 0.05) is 16.5 Å². The predicted molar refractivity (Wildman–Crippen MR) is 54.9 cm³/mol. The number of hydrogen-bond donors (Lipinski definition) is 1. The van der Waals surface area contributed by atoms with Crippen LogP contribution in [0.25, 0.3) is 10.8 Å². The molecule has 0 saturated heterocycles. The van der Waals surface area contributed by atoms with Crippen molar-refractivity contribution in [3.63, 3.8) is 0 Å². The highest BCUT2D eigenvalue weighted by Gasteiger charge is 2.01. The molecule has 2 heteroatoms. The summed E-state index contributed by atoms with van der Waals surface area (Å²) in [7, 11) is 1.66. The lowest BCUT2D eigenvalue weighted by molar-refractivity contribution is 0.420. The molecule has 0 aliphatic heterocycles. The summed E-state index contributed by atoms with van der Waals surface area (Å²) in [6.07, 6.45) is 0. The maximum Gasteiger partial charge on any atom is 0.126 e. The molecule has 0 spiro atoms. The van der Waals surface area contributed by atoms with Crippen LogP contribution in [0.15, 0.2) is 36.4 Å². The number of ether oxygens (including phenoxy) is 1. The molecule has 0 aliphatic carbocycles. The molecule has 2 nitrogen and oxygen atoms in total. The largest absolute Gasteiger partial charge is 0.496 e. The zero-order valence-corrected chi connectivity index (χ0v) is 7.45. The highest BCUT2D eigenvalue weighted by molar-refractivity contribution is 5.96. The van der Waals surface area contributed by atoms with E-state index in [0.29, 0.717) is 0 Å². The lowest BCUT2D eigenvalue weighted by Crippen LogP contribution is -1.89. The van der Waals surface area contributed by atoms with Crippen LogP contribution in [0.5, 0.6) is 5.75 Å². The normalized spacial score (nSPS) is 10.2. The summed E-state index contributed by atoms with van der Waals surface area (Å²) in [5.41, 5.74) is 6.61. The van der Waals surface area contributed by atoms with Crippen LogP contribution in [-0.2, 0) is 0 Å². The average molecular weight is 173 g/mol. The molecule has 0 saturated carbocycles. The van der Waals surface area contributed by atoms with Crippen molar-refractivity contribution in [3.05, 3.63) is 36.4 Å². The number of nitrogens with two attached hydrogens (primary N) is 1. The van der Waals surface area contributed by atoms with Gasteiger partial charge in [-0.15, -0.1) is 0 Å². The van der Waals surface area contributed by atoms with Gasteiger partial charge < -0.3 is 10.5 Å². The van der Waals surface area contributed by atoms with E-state index in [-0.39, 0.29) is 0 Å². The smallest absolute Gasteiger partial charge is 0.126 e. The minimum atomic E-state index is 0.788. The van der Waals surface area contributed by atoms with Gasteiger partial charge in [-0.05, 0) is 12.1 Å². The Morgan fingerprint density at radius 2 is 1.69 bits per heavy atom. The van der Waals surface area contributed by atoms with E-state index in [2.05, 4.69) is 0 Å². The highest BCUT2D eigenvalue weighted by atomic mass is 16.5. The Morgan fingerprint density at radius 1 is 1.00 bits per heavy atom. The summed E-state index contributed by atoms with van der Waals surface area (Å²) in [6.45, 7) is 0. The second-order valence-electron chi connectivity index (χ2n) is 2.90. The molecule has 66 valence electrons. The maximum absolute atomic E-state index is 5.82. The van der Waals surface area contributed by atoms with Crippen molar-refractivity contribution in [1.82, 2.24) is 0 Å². The van der Waals surface area contributed by atoms with Gasteiger partial charge in [-0.2, -0.15) is 0 Å². The maximum atomic E-state index is 5.82. The predicted octanol–water partition coefficient (Wildman–Crippen LogP) is 2.43. The Bertz CT molecular complexity index is 437. The first-order valence-electron chi connectivity index (χ1n) is 4.14. The van der Waals surface area contributed by atoms with Crippen molar-refractivity contribution in [2.45, 2.75) is 0 Å². The van der Waals surface area contributed by atoms with Crippen molar-refractivity contribution < 1.29 is 4.74 Å². The van der Waals surface area contributed by atoms with Crippen LogP contribution in [0.1, 0.15) is 0 Å². The van der Waals surface area contributed by atoms with Crippen LogP contribution in [-0.4, -0.2) is 7.11 Å². The second-order valence-corrected chi connectivity index (χ2v) is 2.90. The van der Waals surface area contributed by atoms with E-state index in [1.807, 2.05) is 36.4 Å². The quantitative estimate of drug-likeness (QED) is 0.672. The summed E-state index contributed by atoms with van der Waals surface area (Å²) in [5.74, 6) is 0.866. The van der Waals surface area contributed by atoms with Gasteiger partial charge in [0.25, 0.3) is 0 Å². The summed E-state index contributed by atoms with van der Waals surface area (Å²) < 4.78 is 5.23. The second kappa shape index (κ2) is 2.98. The Morgan fingerprint density at radius 3 is 2.46 bits per heavy atom. The van der Waals surface area contributed by atoms with Crippen molar-refractivity contribution in [2.24, 2.45) is 0 Å². The Balaban J connectivity index is 2.84. The minimum Gasteiger partial charge on any atom is -0.496 e. The standard InChI is InChI=1S/C11H11NO/c1-13-11-7-3-4-8-9(11)5-2-6-10(8)12/h2-7H,12H2,1H3. The van der Waals surface area contributed by atoms with Crippen LogP contribution in [0.4, 0.5) is 5.69 Å². The van der Waals surface area contributed by atoms with E-state index in [9.17, 15) is 0 Å². The van der Waals surface area contributed by atoms with Gasteiger partial charge in [0.1, 0.15) is 5.75 Å². The fourth-order valence-electron chi connectivity index (χ4n) is 1.48. The van der Waals surface area contributed by atoms with E-state index in [4.69, 9.17) is 10.5 Å². The monoisotopic (exact) mass is 173 g/mol. The van der Waals surface area contributed by atoms with E-state index < -0.39 is 0 Å². The van der Waals surface area contributed by atoms with Gasteiger partial charge in [-0.25, -0.2) is 0 Å². The molecule has 0 fully saturated rings. The van der Waals surface area contributed by atoms with E-state index in [1.54, 1.807) is 7.11 Å². The lowest BCUT2D eigenvalue weighted by Gasteiger charge is -2.06. The molecule has 0 amide bonds. The van der Waals surface area contributed by atoms with Gasteiger partial charge in [-0.3, -0.25) is 0 Å². The third kappa shape index (κ3) is 1.20. The number of hydrogen-bond acceptors (Lipinski definition) is 2. The molecule has 2 aromatic carbocycles. The summed E-state index contributed by atoms with van der Waals surface area (Å²) in [6, 6.07) is 11.7. The number of benzene rings is 2.